The Kier molecular flexibility index (Phi) is 5.49. The van der Waals surface area contributed by atoms with E-state index in [1.54, 1.807) is 11.0 Å². The van der Waals surface area contributed by atoms with E-state index in [2.05, 4.69) is 0 Å². The summed E-state index contributed by atoms with van der Waals surface area (Å²) in [4.78, 5) is 36.9. The molecule has 0 saturated heterocycles. The van der Waals surface area contributed by atoms with Gasteiger partial charge in [0.25, 0.3) is 11.6 Å². The Labute approximate surface area is 156 Å². The van der Waals surface area contributed by atoms with Crippen molar-refractivity contribution in [1.82, 2.24) is 0 Å². The topological polar surface area (TPSA) is 89.8 Å². The molecule has 0 N–H and O–H groups in total. The molecule has 1 aliphatic rings. The smallest absolute Gasteiger partial charge is 0.311 e. The highest BCUT2D eigenvalue weighted by atomic mass is 16.6. The number of fused-ring (bicyclic) bond motifs is 1. The van der Waals surface area contributed by atoms with Crippen LogP contribution in [0.3, 0.4) is 0 Å². The van der Waals surface area contributed by atoms with Gasteiger partial charge in [0.15, 0.2) is 6.61 Å². The number of anilines is 1. The number of hydrogen-bond donors (Lipinski definition) is 0. The third-order valence-electron chi connectivity index (χ3n) is 4.67. The second-order valence-corrected chi connectivity index (χ2v) is 6.50. The molecule has 0 saturated carbocycles. The molecule has 7 heteroatoms. The second kappa shape index (κ2) is 7.99. The molecule has 3 rings (SSSR count). The van der Waals surface area contributed by atoms with Gasteiger partial charge in [-0.25, -0.2) is 0 Å². The van der Waals surface area contributed by atoms with Crippen molar-refractivity contribution in [1.29, 1.82) is 0 Å². The first kappa shape index (κ1) is 18.6. The molecule has 0 aliphatic carbocycles. The van der Waals surface area contributed by atoms with Gasteiger partial charge in [-0.05, 0) is 31.4 Å². The molecule has 1 aliphatic heterocycles. The van der Waals surface area contributed by atoms with Crippen LogP contribution < -0.4 is 4.90 Å². The van der Waals surface area contributed by atoms with Gasteiger partial charge in [-0.2, -0.15) is 0 Å². The number of hydrogen-bond acceptors (Lipinski definition) is 5. The molecule has 1 amide bonds. The monoisotopic (exact) mass is 368 g/mol. The lowest BCUT2D eigenvalue weighted by molar-refractivity contribution is -0.385. The maximum Gasteiger partial charge on any atom is 0.311 e. The highest BCUT2D eigenvalue weighted by Gasteiger charge is 2.28. The molecule has 0 fully saturated rings. The third-order valence-corrected chi connectivity index (χ3v) is 4.67. The molecule has 0 spiro atoms. The fraction of sp³-hybridized carbons (Fsp3) is 0.300. The quantitative estimate of drug-likeness (QED) is 0.460. The minimum atomic E-state index is -0.671. The SMILES string of the molecule is CC1CCc2ccccc2N1C(=O)COC(=O)Cc1ccccc1[N+](=O)[O-]. The summed E-state index contributed by atoms with van der Waals surface area (Å²) in [6.07, 6.45) is 1.49. The summed E-state index contributed by atoms with van der Waals surface area (Å²) in [7, 11) is 0. The number of nitro benzene ring substituents is 1. The van der Waals surface area contributed by atoms with Crippen molar-refractivity contribution < 1.29 is 19.2 Å². The predicted molar refractivity (Wildman–Crippen MR) is 99.5 cm³/mol. The highest BCUT2D eigenvalue weighted by Crippen LogP contribution is 2.30. The molecule has 1 unspecified atom stereocenters. The van der Waals surface area contributed by atoms with Crippen molar-refractivity contribution in [3.8, 4) is 0 Å². The van der Waals surface area contributed by atoms with Crippen molar-refractivity contribution in [3.63, 3.8) is 0 Å². The van der Waals surface area contributed by atoms with E-state index >= 15 is 0 Å². The minimum absolute atomic E-state index is 0.0151. The van der Waals surface area contributed by atoms with Crippen LogP contribution >= 0.6 is 0 Å². The molecular weight excluding hydrogens is 348 g/mol. The first-order chi connectivity index (χ1) is 13.0. The summed E-state index contributed by atoms with van der Waals surface area (Å²) >= 11 is 0. The number of carbonyl (C=O) groups excluding carboxylic acids is 2. The van der Waals surface area contributed by atoms with E-state index in [4.69, 9.17) is 4.74 Å². The first-order valence-corrected chi connectivity index (χ1v) is 8.75. The molecule has 1 heterocycles. The number of para-hydroxylation sites is 2. The van der Waals surface area contributed by atoms with E-state index in [1.165, 1.54) is 18.2 Å². The number of esters is 1. The van der Waals surface area contributed by atoms with Gasteiger partial charge in [0.1, 0.15) is 0 Å². The Balaban J connectivity index is 1.64. The van der Waals surface area contributed by atoms with Crippen LogP contribution in [0.1, 0.15) is 24.5 Å². The van der Waals surface area contributed by atoms with Crippen molar-refractivity contribution in [2.75, 3.05) is 11.5 Å². The van der Waals surface area contributed by atoms with Crippen molar-refractivity contribution in [2.24, 2.45) is 0 Å². The Morgan fingerprint density at radius 1 is 1.19 bits per heavy atom. The predicted octanol–water partition coefficient (Wildman–Crippen LogP) is 3.05. The van der Waals surface area contributed by atoms with Crippen LogP contribution in [0.5, 0.6) is 0 Å². The van der Waals surface area contributed by atoms with Crippen LogP contribution in [-0.4, -0.2) is 29.4 Å². The molecule has 0 bridgehead atoms. The number of amides is 1. The van der Waals surface area contributed by atoms with Crippen molar-refractivity contribution in [2.45, 2.75) is 32.2 Å². The molecule has 0 aromatic heterocycles. The van der Waals surface area contributed by atoms with Crippen molar-refractivity contribution in [3.05, 3.63) is 69.8 Å². The average Bonchev–Trinajstić information content (AvgIpc) is 2.66. The third kappa shape index (κ3) is 4.13. The maximum absolute atomic E-state index is 12.6. The lowest BCUT2D eigenvalue weighted by Crippen LogP contribution is -2.44. The van der Waals surface area contributed by atoms with Crippen LogP contribution in [0.25, 0.3) is 0 Å². The first-order valence-electron chi connectivity index (χ1n) is 8.75. The number of aryl methyl sites for hydroxylation is 1. The molecule has 1 atom stereocenters. The zero-order valence-electron chi connectivity index (χ0n) is 15.0. The van der Waals surface area contributed by atoms with E-state index in [0.717, 1.165) is 24.1 Å². The van der Waals surface area contributed by atoms with Gasteiger partial charge in [0.2, 0.25) is 0 Å². The molecule has 27 heavy (non-hydrogen) atoms. The lowest BCUT2D eigenvalue weighted by Gasteiger charge is -2.35. The summed E-state index contributed by atoms with van der Waals surface area (Å²) in [5.41, 5.74) is 2.06. The zero-order valence-corrected chi connectivity index (χ0v) is 15.0. The number of ether oxygens (including phenoxy) is 1. The fourth-order valence-corrected chi connectivity index (χ4v) is 3.33. The Morgan fingerprint density at radius 3 is 2.67 bits per heavy atom. The van der Waals surface area contributed by atoms with Gasteiger partial charge in [0, 0.05) is 23.4 Å². The van der Waals surface area contributed by atoms with Crippen molar-refractivity contribution >= 4 is 23.3 Å². The van der Waals surface area contributed by atoms with E-state index in [0.29, 0.717) is 0 Å². The van der Waals surface area contributed by atoms with Crippen LogP contribution in [0, 0.1) is 10.1 Å². The summed E-state index contributed by atoms with van der Waals surface area (Å²) in [5, 5.41) is 11.0. The van der Waals surface area contributed by atoms with E-state index in [-0.39, 0.29) is 29.6 Å². The van der Waals surface area contributed by atoms with Crippen LogP contribution in [0.15, 0.2) is 48.5 Å². The van der Waals surface area contributed by atoms with Gasteiger partial charge >= 0.3 is 5.97 Å². The van der Waals surface area contributed by atoms with Gasteiger partial charge in [0.05, 0.1) is 11.3 Å². The minimum Gasteiger partial charge on any atom is -0.455 e. The van der Waals surface area contributed by atoms with Crippen LogP contribution in [-0.2, 0) is 27.2 Å². The Hall–Kier alpha value is -3.22. The molecule has 7 nitrogen and oxygen atoms in total. The van der Waals surface area contributed by atoms with Gasteiger partial charge in [-0.15, -0.1) is 0 Å². The van der Waals surface area contributed by atoms with Crippen LogP contribution in [0.4, 0.5) is 11.4 Å². The molecule has 2 aromatic carbocycles. The maximum atomic E-state index is 12.6. The second-order valence-electron chi connectivity index (χ2n) is 6.50. The average molecular weight is 368 g/mol. The molecule has 2 aromatic rings. The van der Waals surface area contributed by atoms with Gasteiger partial charge in [-0.3, -0.25) is 19.7 Å². The number of nitro groups is 1. The fourth-order valence-electron chi connectivity index (χ4n) is 3.33. The number of benzene rings is 2. The van der Waals surface area contributed by atoms with Gasteiger partial charge in [-0.1, -0.05) is 36.4 Å². The van der Waals surface area contributed by atoms with E-state index in [9.17, 15) is 19.7 Å². The van der Waals surface area contributed by atoms with Gasteiger partial charge < -0.3 is 9.64 Å². The zero-order chi connectivity index (χ0) is 19.4. The van der Waals surface area contributed by atoms with E-state index < -0.39 is 17.5 Å². The summed E-state index contributed by atoms with van der Waals surface area (Å²) < 4.78 is 5.11. The lowest BCUT2D eigenvalue weighted by atomic mass is 9.96. The number of carbonyl (C=O) groups is 2. The Morgan fingerprint density at radius 2 is 1.89 bits per heavy atom. The normalized spacial score (nSPS) is 15.7. The largest absolute Gasteiger partial charge is 0.455 e. The highest BCUT2D eigenvalue weighted by molar-refractivity contribution is 5.97. The number of nitrogens with zero attached hydrogens (tertiary/aromatic N) is 2. The van der Waals surface area contributed by atoms with E-state index in [1.807, 2.05) is 31.2 Å². The molecular formula is C20H20N2O5. The summed E-state index contributed by atoms with van der Waals surface area (Å²) in [6, 6.07) is 13.7. The number of rotatable bonds is 5. The standard InChI is InChI=1S/C20H20N2O5/c1-14-10-11-15-6-2-4-8-17(15)21(14)19(23)13-27-20(24)12-16-7-3-5-9-18(16)22(25)26/h2-9,14H,10-13H2,1H3. The molecule has 140 valence electrons. The van der Waals surface area contributed by atoms with Crippen LogP contribution in [0.2, 0.25) is 0 Å². The Bertz CT molecular complexity index is 880. The summed E-state index contributed by atoms with van der Waals surface area (Å²) in [5.74, 6) is -0.971. The molecule has 0 radical (unpaired) electrons. The summed E-state index contributed by atoms with van der Waals surface area (Å²) in [6.45, 7) is 1.57.